The molecule has 154 valence electrons. The van der Waals surface area contributed by atoms with Crippen LogP contribution in [-0.2, 0) is 14.8 Å². The topological polar surface area (TPSA) is 78.5 Å². The summed E-state index contributed by atoms with van der Waals surface area (Å²) in [5.74, 6) is 1.32. The van der Waals surface area contributed by atoms with Crippen molar-refractivity contribution in [3.8, 4) is 0 Å². The molecule has 6 nitrogen and oxygen atoms in total. The van der Waals surface area contributed by atoms with Gasteiger partial charge in [0.1, 0.15) is 0 Å². The number of rotatable bonds is 8. The quantitative estimate of drug-likeness (QED) is 0.697. The van der Waals surface area contributed by atoms with E-state index in [1.165, 1.54) is 25.7 Å². The molecule has 0 radical (unpaired) electrons. The highest BCUT2D eigenvalue weighted by atomic mass is 32.2. The Balaban J connectivity index is 1.40. The third-order valence-corrected chi connectivity index (χ3v) is 8.08. The number of hydrogen-bond acceptors (Lipinski definition) is 4. The smallest absolute Gasteiger partial charge is 0.243 e. The number of benzene rings is 1. The molecule has 2 N–H and O–H groups in total. The van der Waals surface area contributed by atoms with E-state index in [2.05, 4.69) is 10.6 Å². The molecular weight excluding hydrogens is 374 g/mol. The van der Waals surface area contributed by atoms with Crippen molar-refractivity contribution in [1.82, 2.24) is 9.62 Å². The van der Waals surface area contributed by atoms with Gasteiger partial charge in [0.2, 0.25) is 15.9 Å². The second-order valence-electron chi connectivity index (χ2n) is 8.56. The lowest BCUT2D eigenvalue weighted by molar-refractivity contribution is -0.120. The normalized spacial score (nSPS) is 20.9. The molecule has 0 unspecified atom stereocenters. The summed E-state index contributed by atoms with van der Waals surface area (Å²) in [6, 6.07) is 5.49. The van der Waals surface area contributed by atoms with Gasteiger partial charge in [-0.2, -0.15) is 4.31 Å². The molecule has 0 bridgehead atoms. The lowest BCUT2D eigenvalue weighted by Gasteiger charge is -2.26. The van der Waals surface area contributed by atoms with Crippen LogP contribution in [0.1, 0.15) is 50.5 Å². The molecule has 1 aromatic rings. The summed E-state index contributed by atoms with van der Waals surface area (Å²) >= 11 is 0. The minimum absolute atomic E-state index is 0.00695. The predicted octanol–water partition coefficient (Wildman–Crippen LogP) is 2.89. The maximum absolute atomic E-state index is 12.9. The first-order chi connectivity index (χ1) is 13.4. The van der Waals surface area contributed by atoms with Crippen molar-refractivity contribution in [1.29, 1.82) is 0 Å². The zero-order chi connectivity index (χ0) is 19.7. The Morgan fingerprint density at radius 1 is 1.11 bits per heavy atom. The lowest BCUT2D eigenvalue weighted by atomic mass is 10.1. The van der Waals surface area contributed by atoms with Gasteiger partial charge in [0.05, 0.1) is 11.4 Å². The van der Waals surface area contributed by atoms with Crippen molar-refractivity contribution in [3.63, 3.8) is 0 Å². The average Bonchev–Trinajstić information content (AvgIpc) is 3.59. The van der Waals surface area contributed by atoms with E-state index >= 15 is 0 Å². The monoisotopic (exact) mass is 405 g/mol. The fourth-order valence-corrected chi connectivity index (χ4v) is 5.69. The highest BCUT2D eigenvalue weighted by Crippen LogP contribution is 2.44. The van der Waals surface area contributed by atoms with E-state index in [4.69, 9.17) is 0 Å². The van der Waals surface area contributed by atoms with Crippen LogP contribution in [-0.4, -0.2) is 44.3 Å². The Morgan fingerprint density at radius 3 is 2.36 bits per heavy atom. The summed E-state index contributed by atoms with van der Waals surface area (Å²) in [5.41, 5.74) is 1.65. The number of hydrogen-bond donors (Lipinski definition) is 2. The number of aryl methyl sites for hydroxylation is 1. The molecule has 4 rings (SSSR count). The first-order valence-electron chi connectivity index (χ1n) is 10.6. The van der Waals surface area contributed by atoms with E-state index in [1.807, 2.05) is 13.0 Å². The van der Waals surface area contributed by atoms with Gasteiger partial charge in [-0.15, -0.1) is 0 Å². The number of carbonyl (C=O) groups is 1. The Kier molecular flexibility index (Phi) is 5.65. The zero-order valence-corrected chi connectivity index (χ0v) is 17.4. The van der Waals surface area contributed by atoms with Crippen LogP contribution in [0, 0.1) is 18.8 Å². The van der Waals surface area contributed by atoms with Gasteiger partial charge < -0.3 is 10.6 Å². The molecule has 1 amide bonds. The van der Waals surface area contributed by atoms with Crippen molar-refractivity contribution >= 4 is 21.6 Å². The summed E-state index contributed by atoms with van der Waals surface area (Å²) in [5, 5.41) is 6.36. The lowest BCUT2D eigenvalue weighted by Crippen LogP contribution is -2.41. The molecule has 2 aliphatic carbocycles. The second kappa shape index (κ2) is 8.03. The van der Waals surface area contributed by atoms with Crippen LogP contribution >= 0.6 is 0 Å². The van der Waals surface area contributed by atoms with E-state index in [9.17, 15) is 13.2 Å². The molecule has 3 aliphatic rings. The number of nitrogens with zero attached hydrogens (tertiary/aromatic N) is 1. The molecule has 1 heterocycles. The van der Waals surface area contributed by atoms with Gasteiger partial charge in [0, 0.05) is 24.8 Å². The SMILES string of the molecule is Cc1ccc(S(=O)(=O)N2CCCCC2)cc1NCC(=O)NC(C1CC1)C1CC1. The fourth-order valence-electron chi connectivity index (χ4n) is 4.15. The van der Waals surface area contributed by atoms with Gasteiger partial charge in [-0.05, 0) is 75.0 Å². The van der Waals surface area contributed by atoms with E-state index < -0.39 is 10.0 Å². The van der Waals surface area contributed by atoms with Crippen LogP contribution < -0.4 is 10.6 Å². The molecule has 0 spiro atoms. The van der Waals surface area contributed by atoms with Crippen LogP contribution in [0.4, 0.5) is 5.69 Å². The molecule has 1 aromatic carbocycles. The Hall–Kier alpha value is -1.60. The van der Waals surface area contributed by atoms with Gasteiger partial charge in [-0.1, -0.05) is 12.5 Å². The number of piperidine rings is 1. The summed E-state index contributed by atoms with van der Waals surface area (Å²) in [7, 11) is -3.47. The van der Waals surface area contributed by atoms with Crippen LogP contribution in [0.2, 0.25) is 0 Å². The van der Waals surface area contributed by atoms with E-state index in [0.29, 0.717) is 41.6 Å². The third kappa shape index (κ3) is 4.51. The van der Waals surface area contributed by atoms with Gasteiger partial charge in [-0.3, -0.25) is 4.79 Å². The molecule has 2 saturated carbocycles. The molecule has 1 aliphatic heterocycles. The third-order valence-electron chi connectivity index (χ3n) is 6.19. The molecule has 3 fully saturated rings. The van der Waals surface area contributed by atoms with Crippen molar-refractivity contribution in [2.24, 2.45) is 11.8 Å². The van der Waals surface area contributed by atoms with E-state index in [-0.39, 0.29) is 12.5 Å². The first-order valence-corrected chi connectivity index (χ1v) is 12.0. The predicted molar refractivity (Wildman–Crippen MR) is 110 cm³/mol. The second-order valence-corrected chi connectivity index (χ2v) is 10.5. The highest BCUT2D eigenvalue weighted by Gasteiger charge is 2.42. The molecular formula is C21H31N3O3S. The van der Waals surface area contributed by atoms with Crippen LogP contribution in [0.3, 0.4) is 0 Å². The van der Waals surface area contributed by atoms with Gasteiger partial charge >= 0.3 is 0 Å². The van der Waals surface area contributed by atoms with E-state index in [0.717, 1.165) is 24.8 Å². The molecule has 7 heteroatoms. The average molecular weight is 406 g/mol. The van der Waals surface area contributed by atoms with Gasteiger partial charge in [-0.25, -0.2) is 8.42 Å². The minimum atomic E-state index is -3.47. The maximum Gasteiger partial charge on any atom is 0.243 e. The molecule has 28 heavy (non-hydrogen) atoms. The van der Waals surface area contributed by atoms with Gasteiger partial charge in [0.15, 0.2) is 0 Å². The van der Waals surface area contributed by atoms with Crippen molar-refractivity contribution < 1.29 is 13.2 Å². The number of carbonyl (C=O) groups excluding carboxylic acids is 1. The van der Waals surface area contributed by atoms with Crippen molar-refractivity contribution in [2.45, 2.75) is 62.8 Å². The summed E-state index contributed by atoms with van der Waals surface area (Å²) in [4.78, 5) is 12.7. The highest BCUT2D eigenvalue weighted by molar-refractivity contribution is 7.89. The van der Waals surface area contributed by atoms with Crippen molar-refractivity contribution in [3.05, 3.63) is 23.8 Å². The summed E-state index contributed by atoms with van der Waals surface area (Å²) < 4.78 is 27.4. The Morgan fingerprint density at radius 2 is 1.75 bits per heavy atom. The molecule has 0 aromatic heterocycles. The standard InChI is InChI=1S/C21H31N3O3S/c1-15-5-10-18(28(26,27)24-11-3-2-4-12-24)13-19(15)22-14-20(25)23-21(16-6-7-16)17-8-9-17/h5,10,13,16-17,21-22H,2-4,6-9,11-12,14H2,1H3,(H,23,25). The molecule has 1 saturated heterocycles. The van der Waals surface area contributed by atoms with Crippen LogP contribution in [0.25, 0.3) is 0 Å². The number of anilines is 1. The fraction of sp³-hybridized carbons (Fsp3) is 0.667. The zero-order valence-electron chi connectivity index (χ0n) is 16.6. The minimum Gasteiger partial charge on any atom is -0.376 e. The van der Waals surface area contributed by atoms with Crippen molar-refractivity contribution in [2.75, 3.05) is 25.0 Å². The van der Waals surface area contributed by atoms with Gasteiger partial charge in [0.25, 0.3) is 0 Å². The number of sulfonamides is 1. The largest absolute Gasteiger partial charge is 0.376 e. The van der Waals surface area contributed by atoms with Crippen LogP contribution in [0.5, 0.6) is 0 Å². The number of nitrogens with one attached hydrogen (secondary N) is 2. The Bertz CT molecular complexity index is 813. The maximum atomic E-state index is 12.9. The summed E-state index contributed by atoms with van der Waals surface area (Å²) in [6.45, 7) is 3.27. The first kappa shape index (κ1) is 19.7. The summed E-state index contributed by atoms with van der Waals surface area (Å²) in [6.07, 6.45) is 7.83. The Labute approximate surface area is 168 Å². The van der Waals surface area contributed by atoms with Crippen LogP contribution in [0.15, 0.2) is 23.1 Å². The molecule has 0 atom stereocenters. The number of amides is 1. The van der Waals surface area contributed by atoms with E-state index in [1.54, 1.807) is 16.4 Å².